The summed E-state index contributed by atoms with van der Waals surface area (Å²) in [6.07, 6.45) is 1.35. The third-order valence-electron chi connectivity index (χ3n) is 2.16. The van der Waals surface area contributed by atoms with Gasteiger partial charge < -0.3 is 0 Å². The second-order valence-corrected chi connectivity index (χ2v) is 5.57. The van der Waals surface area contributed by atoms with E-state index in [1.54, 1.807) is 18.2 Å². The number of sulfonamides is 1. The maximum absolute atomic E-state index is 12.0. The van der Waals surface area contributed by atoms with Crippen LogP contribution in [0.2, 0.25) is 5.15 Å². The van der Waals surface area contributed by atoms with E-state index in [0.717, 1.165) is 0 Å². The average molecular weight is 279 g/mol. The van der Waals surface area contributed by atoms with Crippen LogP contribution in [0.4, 0.5) is 5.69 Å². The molecule has 2 radical (unpaired) electrons. The molecule has 90 valence electrons. The molecule has 0 unspecified atom stereocenters. The summed E-state index contributed by atoms with van der Waals surface area (Å²) >= 11 is 5.80. The molecule has 0 fully saturated rings. The van der Waals surface area contributed by atoms with Crippen molar-refractivity contribution in [1.29, 1.82) is 0 Å². The number of hydrogen-bond donors (Lipinski definition) is 1. The second kappa shape index (κ2) is 5.00. The van der Waals surface area contributed by atoms with Crippen molar-refractivity contribution in [2.75, 3.05) is 4.72 Å². The number of benzene rings is 1. The molecule has 0 aliphatic rings. The van der Waals surface area contributed by atoms with Crippen LogP contribution in [0.1, 0.15) is 0 Å². The Bertz CT molecular complexity index is 662. The third kappa shape index (κ3) is 2.83. The summed E-state index contributed by atoms with van der Waals surface area (Å²) in [5, 5.41) is 0.0451. The van der Waals surface area contributed by atoms with Crippen molar-refractivity contribution in [3.05, 3.63) is 47.7 Å². The summed E-state index contributed by atoms with van der Waals surface area (Å²) < 4.78 is 26.4. The Kier molecular flexibility index (Phi) is 3.59. The molecule has 7 heteroatoms. The van der Waals surface area contributed by atoms with E-state index >= 15 is 0 Å². The van der Waals surface area contributed by atoms with E-state index < -0.39 is 10.0 Å². The van der Waals surface area contributed by atoms with Crippen LogP contribution in [0.25, 0.3) is 0 Å². The number of pyridine rings is 1. The van der Waals surface area contributed by atoms with Gasteiger partial charge in [-0.25, -0.2) is 13.4 Å². The van der Waals surface area contributed by atoms with Crippen molar-refractivity contribution >= 4 is 40.6 Å². The molecule has 0 saturated carbocycles. The molecule has 0 bridgehead atoms. The van der Waals surface area contributed by atoms with Crippen molar-refractivity contribution in [2.24, 2.45) is 0 Å². The molecule has 0 aliphatic carbocycles. The van der Waals surface area contributed by atoms with Crippen molar-refractivity contribution in [3.8, 4) is 0 Å². The number of anilines is 1. The van der Waals surface area contributed by atoms with Gasteiger partial charge in [0.25, 0.3) is 10.0 Å². The molecular formula is C11H8BClN2O2S. The van der Waals surface area contributed by atoms with Gasteiger partial charge in [-0.05, 0) is 18.2 Å². The highest BCUT2D eigenvalue weighted by Gasteiger charge is 2.15. The lowest BCUT2D eigenvalue weighted by Gasteiger charge is -2.09. The van der Waals surface area contributed by atoms with Crippen LogP contribution in [-0.4, -0.2) is 21.2 Å². The first-order valence-corrected chi connectivity index (χ1v) is 6.84. The molecule has 4 nitrogen and oxygen atoms in total. The summed E-state index contributed by atoms with van der Waals surface area (Å²) in [5.41, 5.74) is 0.477. The highest BCUT2D eigenvalue weighted by Crippen LogP contribution is 2.20. The first-order chi connectivity index (χ1) is 8.49. The molecule has 18 heavy (non-hydrogen) atoms. The molecule has 0 amide bonds. The van der Waals surface area contributed by atoms with Gasteiger partial charge in [-0.3, -0.25) is 4.72 Å². The summed E-state index contributed by atoms with van der Waals surface area (Å²) in [6, 6.07) is 9.37. The molecule has 1 aromatic heterocycles. The van der Waals surface area contributed by atoms with E-state index in [4.69, 9.17) is 19.4 Å². The Morgan fingerprint density at radius 3 is 2.56 bits per heavy atom. The van der Waals surface area contributed by atoms with Crippen LogP contribution in [0.5, 0.6) is 0 Å². The normalized spacial score (nSPS) is 11.2. The van der Waals surface area contributed by atoms with E-state index in [1.807, 2.05) is 0 Å². The Labute approximate surface area is 111 Å². The van der Waals surface area contributed by atoms with E-state index in [9.17, 15) is 8.42 Å². The topological polar surface area (TPSA) is 59.1 Å². The Morgan fingerprint density at radius 2 is 1.89 bits per heavy atom. The van der Waals surface area contributed by atoms with Gasteiger partial charge in [-0.2, -0.15) is 0 Å². The summed E-state index contributed by atoms with van der Waals surface area (Å²) in [5.74, 6) is 0. The molecule has 1 heterocycles. The van der Waals surface area contributed by atoms with E-state index in [0.29, 0.717) is 5.46 Å². The fourth-order valence-corrected chi connectivity index (χ4v) is 2.62. The number of aromatic nitrogens is 1. The molecule has 0 aliphatic heterocycles. The van der Waals surface area contributed by atoms with Crippen molar-refractivity contribution < 1.29 is 8.42 Å². The van der Waals surface area contributed by atoms with Crippen molar-refractivity contribution in [3.63, 3.8) is 0 Å². The number of nitrogens with one attached hydrogen (secondary N) is 1. The number of hydrogen-bond acceptors (Lipinski definition) is 3. The predicted octanol–water partition coefficient (Wildman–Crippen LogP) is 1.33. The molecule has 0 saturated heterocycles. The SMILES string of the molecule is [B]c1cnc(Cl)c(NS(=O)(=O)c2ccccc2)c1. The summed E-state index contributed by atoms with van der Waals surface area (Å²) in [7, 11) is 1.85. The fraction of sp³-hybridized carbons (Fsp3) is 0. The molecule has 0 atom stereocenters. The Balaban J connectivity index is 2.37. The average Bonchev–Trinajstić information content (AvgIpc) is 2.35. The lowest BCUT2D eigenvalue weighted by Crippen LogP contribution is -2.15. The maximum atomic E-state index is 12.0. The zero-order chi connectivity index (χ0) is 13.2. The highest BCUT2D eigenvalue weighted by atomic mass is 35.5. The first-order valence-electron chi connectivity index (χ1n) is 4.98. The monoisotopic (exact) mass is 278 g/mol. The van der Waals surface area contributed by atoms with Crippen LogP contribution in [-0.2, 0) is 10.0 Å². The van der Waals surface area contributed by atoms with Crippen LogP contribution >= 0.6 is 11.6 Å². The zero-order valence-corrected chi connectivity index (χ0v) is 10.7. The van der Waals surface area contributed by atoms with Crippen LogP contribution in [0, 0.1) is 0 Å². The predicted molar refractivity (Wildman–Crippen MR) is 71.9 cm³/mol. The number of halogens is 1. The van der Waals surface area contributed by atoms with Crippen LogP contribution in [0.3, 0.4) is 0 Å². The first kappa shape index (κ1) is 12.9. The Morgan fingerprint density at radius 1 is 1.22 bits per heavy atom. The minimum atomic E-state index is -3.68. The summed E-state index contributed by atoms with van der Waals surface area (Å²) in [6.45, 7) is 0. The quantitative estimate of drug-likeness (QED) is 0.681. The van der Waals surface area contributed by atoms with E-state index in [2.05, 4.69) is 9.71 Å². The molecule has 0 spiro atoms. The van der Waals surface area contributed by atoms with E-state index in [-0.39, 0.29) is 15.7 Å². The maximum Gasteiger partial charge on any atom is 0.261 e. The second-order valence-electron chi connectivity index (χ2n) is 3.53. The zero-order valence-electron chi connectivity index (χ0n) is 9.17. The van der Waals surface area contributed by atoms with Crippen LogP contribution in [0.15, 0.2) is 47.5 Å². The van der Waals surface area contributed by atoms with E-state index in [1.165, 1.54) is 24.4 Å². The highest BCUT2D eigenvalue weighted by molar-refractivity contribution is 7.92. The molecule has 2 rings (SSSR count). The molecular weight excluding hydrogens is 270 g/mol. The third-order valence-corrected chi connectivity index (χ3v) is 3.84. The standard InChI is InChI=1S/C11H8BClN2O2S/c12-8-6-10(11(13)14-7-8)15-18(16,17)9-4-2-1-3-5-9/h1-7,15H. The molecule has 1 N–H and O–H groups in total. The lowest BCUT2D eigenvalue weighted by molar-refractivity contribution is 0.601. The fourth-order valence-electron chi connectivity index (χ4n) is 1.34. The molecule has 2 aromatic rings. The summed E-state index contributed by atoms with van der Waals surface area (Å²) in [4.78, 5) is 3.91. The van der Waals surface area contributed by atoms with Gasteiger partial charge in [0.15, 0.2) is 5.15 Å². The van der Waals surface area contributed by atoms with Gasteiger partial charge in [0.1, 0.15) is 7.85 Å². The van der Waals surface area contributed by atoms with Gasteiger partial charge in [0.2, 0.25) is 0 Å². The van der Waals surface area contributed by atoms with Crippen molar-refractivity contribution in [2.45, 2.75) is 4.90 Å². The minimum Gasteiger partial charge on any atom is -0.277 e. The largest absolute Gasteiger partial charge is 0.277 e. The van der Waals surface area contributed by atoms with Gasteiger partial charge in [0.05, 0.1) is 10.6 Å². The smallest absolute Gasteiger partial charge is 0.261 e. The number of nitrogens with zero attached hydrogens (tertiary/aromatic N) is 1. The van der Waals surface area contributed by atoms with Gasteiger partial charge >= 0.3 is 0 Å². The molecule has 1 aromatic carbocycles. The minimum absolute atomic E-state index is 0.0451. The lowest BCUT2D eigenvalue weighted by atomic mass is 9.99. The Hall–Kier alpha value is -1.53. The van der Waals surface area contributed by atoms with Gasteiger partial charge in [-0.1, -0.05) is 35.3 Å². The van der Waals surface area contributed by atoms with Gasteiger partial charge in [-0.15, -0.1) is 0 Å². The van der Waals surface area contributed by atoms with Crippen LogP contribution < -0.4 is 10.2 Å². The van der Waals surface area contributed by atoms with Crippen molar-refractivity contribution in [1.82, 2.24) is 4.98 Å². The van der Waals surface area contributed by atoms with Gasteiger partial charge in [0, 0.05) is 6.20 Å². The number of rotatable bonds is 3.